The fraction of sp³-hybridized carbons (Fsp3) is 0.857. The summed E-state index contributed by atoms with van der Waals surface area (Å²) >= 11 is 0. The second-order valence-corrected chi connectivity index (χ2v) is 6.35. The molecule has 1 rings (SSSR count). The third-order valence-corrected chi connectivity index (χ3v) is 4.04. The number of hydrogen-bond acceptors (Lipinski definition) is 3. The summed E-state index contributed by atoms with van der Waals surface area (Å²) in [5, 5.41) is 15.6. The van der Waals surface area contributed by atoms with Crippen LogP contribution < -0.4 is 16.4 Å². The van der Waals surface area contributed by atoms with Crippen molar-refractivity contribution in [1.29, 1.82) is 0 Å². The normalized spacial score (nSPS) is 27.9. The molecule has 0 heterocycles. The number of urea groups is 1. The summed E-state index contributed by atoms with van der Waals surface area (Å²) in [6, 6.07) is -1.39. The van der Waals surface area contributed by atoms with Gasteiger partial charge in [0.15, 0.2) is 0 Å². The zero-order valence-corrected chi connectivity index (χ0v) is 12.6. The van der Waals surface area contributed by atoms with Crippen molar-refractivity contribution in [2.24, 2.45) is 17.6 Å². The number of amides is 3. The van der Waals surface area contributed by atoms with Gasteiger partial charge in [-0.2, -0.15) is 0 Å². The van der Waals surface area contributed by atoms with Gasteiger partial charge >= 0.3 is 6.03 Å². The van der Waals surface area contributed by atoms with E-state index in [9.17, 15) is 14.7 Å². The van der Waals surface area contributed by atoms with E-state index in [0.717, 1.165) is 12.8 Å². The molecule has 20 heavy (non-hydrogen) atoms. The van der Waals surface area contributed by atoms with Gasteiger partial charge in [-0.15, -0.1) is 0 Å². The van der Waals surface area contributed by atoms with Crippen molar-refractivity contribution >= 4 is 11.9 Å². The largest absolute Gasteiger partial charge is 0.388 e. The number of carbonyl (C=O) groups excluding carboxylic acids is 2. The van der Waals surface area contributed by atoms with Crippen LogP contribution >= 0.6 is 0 Å². The number of aliphatic hydroxyl groups is 1. The zero-order chi connectivity index (χ0) is 15.3. The van der Waals surface area contributed by atoms with Crippen LogP contribution in [0.4, 0.5) is 4.79 Å². The highest BCUT2D eigenvalue weighted by Gasteiger charge is 2.33. The van der Waals surface area contributed by atoms with Crippen molar-refractivity contribution in [3.05, 3.63) is 0 Å². The van der Waals surface area contributed by atoms with Crippen LogP contribution in [-0.2, 0) is 4.79 Å². The predicted octanol–water partition coefficient (Wildman–Crippen LogP) is 0.737. The van der Waals surface area contributed by atoms with Crippen molar-refractivity contribution < 1.29 is 14.7 Å². The first-order chi connectivity index (χ1) is 9.23. The molecule has 116 valence electrons. The first-order valence-corrected chi connectivity index (χ1v) is 7.29. The predicted molar refractivity (Wildman–Crippen MR) is 76.9 cm³/mol. The number of rotatable bonds is 5. The average molecular weight is 285 g/mol. The molecule has 0 aromatic heterocycles. The summed E-state index contributed by atoms with van der Waals surface area (Å²) in [5.41, 5.74) is 4.25. The standard InChI is InChI=1S/C14H27N3O3/c1-9(2)11(17-13(15)19)12(18)16-8-14(20)6-4-10(3)5-7-14/h9-11,20H,4-8H2,1-3H3,(H,16,18)(H3,15,17,19). The lowest BCUT2D eigenvalue weighted by atomic mass is 9.79. The molecule has 0 bridgehead atoms. The maximum absolute atomic E-state index is 12.1. The smallest absolute Gasteiger partial charge is 0.312 e. The molecule has 0 aromatic carbocycles. The van der Waals surface area contributed by atoms with E-state index in [-0.39, 0.29) is 18.4 Å². The Balaban J connectivity index is 2.50. The topological polar surface area (TPSA) is 104 Å². The van der Waals surface area contributed by atoms with Gasteiger partial charge in [0.2, 0.25) is 5.91 Å². The van der Waals surface area contributed by atoms with Crippen molar-refractivity contribution in [1.82, 2.24) is 10.6 Å². The Morgan fingerprint density at radius 3 is 2.35 bits per heavy atom. The molecule has 0 spiro atoms. The second kappa shape index (κ2) is 6.92. The van der Waals surface area contributed by atoms with Gasteiger partial charge in [0.25, 0.3) is 0 Å². The van der Waals surface area contributed by atoms with E-state index in [2.05, 4.69) is 17.6 Å². The van der Waals surface area contributed by atoms with E-state index in [1.165, 1.54) is 0 Å². The summed E-state index contributed by atoms with van der Waals surface area (Å²) < 4.78 is 0. The summed E-state index contributed by atoms with van der Waals surface area (Å²) in [5.74, 6) is 0.264. The second-order valence-electron chi connectivity index (χ2n) is 6.35. The van der Waals surface area contributed by atoms with E-state index < -0.39 is 17.7 Å². The Labute approximate surface area is 120 Å². The minimum atomic E-state index is -0.823. The quantitative estimate of drug-likeness (QED) is 0.598. The molecular formula is C14H27N3O3. The van der Waals surface area contributed by atoms with Crippen LogP contribution in [0.2, 0.25) is 0 Å². The molecule has 1 fully saturated rings. The van der Waals surface area contributed by atoms with Crippen molar-refractivity contribution in [3.8, 4) is 0 Å². The molecule has 0 radical (unpaired) electrons. The van der Waals surface area contributed by atoms with Gasteiger partial charge in [-0.1, -0.05) is 20.8 Å². The van der Waals surface area contributed by atoms with Gasteiger partial charge < -0.3 is 21.5 Å². The Hall–Kier alpha value is -1.30. The Kier molecular flexibility index (Phi) is 5.80. The molecule has 1 unspecified atom stereocenters. The Morgan fingerprint density at radius 1 is 1.35 bits per heavy atom. The van der Waals surface area contributed by atoms with E-state index >= 15 is 0 Å². The fourth-order valence-electron chi connectivity index (χ4n) is 2.53. The molecule has 6 heteroatoms. The number of nitrogens with one attached hydrogen (secondary N) is 2. The number of carbonyl (C=O) groups is 2. The van der Waals surface area contributed by atoms with Crippen molar-refractivity contribution in [2.75, 3.05) is 6.54 Å². The molecule has 1 saturated carbocycles. The third-order valence-electron chi connectivity index (χ3n) is 4.04. The summed E-state index contributed by atoms with van der Waals surface area (Å²) in [4.78, 5) is 23.0. The van der Waals surface area contributed by atoms with Gasteiger partial charge in [0.05, 0.1) is 5.60 Å². The zero-order valence-electron chi connectivity index (χ0n) is 12.6. The van der Waals surface area contributed by atoms with Crippen LogP contribution in [0, 0.1) is 11.8 Å². The van der Waals surface area contributed by atoms with E-state index in [0.29, 0.717) is 18.8 Å². The fourth-order valence-corrected chi connectivity index (χ4v) is 2.53. The van der Waals surface area contributed by atoms with Gasteiger partial charge in [-0.05, 0) is 37.5 Å². The van der Waals surface area contributed by atoms with Crippen LogP contribution in [0.5, 0.6) is 0 Å². The molecule has 0 aromatic rings. The minimum Gasteiger partial charge on any atom is -0.388 e. The van der Waals surface area contributed by atoms with Crippen molar-refractivity contribution in [3.63, 3.8) is 0 Å². The van der Waals surface area contributed by atoms with E-state index in [1.807, 2.05) is 13.8 Å². The molecule has 0 saturated heterocycles. The highest BCUT2D eigenvalue weighted by molar-refractivity contribution is 5.86. The summed E-state index contributed by atoms with van der Waals surface area (Å²) in [6.07, 6.45) is 3.34. The van der Waals surface area contributed by atoms with Crippen LogP contribution in [0.15, 0.2) is 0 Å². The van der Waals surface area contributed by atoms with Gasteiger partial charge in [-0.3, -0.25) is 4.79 Å². The van der Waals surface area contributed by atoms with Crippen molar-refractivity contribution in [2.45, 2.75) is 58.1 Å². The van der Waals surface area contributed by atoms with Crippen LogP contribution in [0.1, 0.15) is 46.5 Å². The van der Waals surface area contributed by atoms with Gasteiger partial charge in [0.1, 0.15) is 6.04 Å². The number of hydrogen-bond donors (Lipinski definition) is 4. The molecule has 5 N–H and O–H groups in total. The van der Waals surface area contributed by atoms with Gasteiger partial charge in [-0.25, -0.2) is 4.79 Å². The molecule has 3 amide bonds. The molecule has 6 nitrogen and oxygen atoms in total. The SMILES string of the molecule is CC1CCC(O)(CNC(=O)C(NC(N)=O)C(C)C)CC1. The monoisotopic (exact) mass is 285 g/mol. The molecule has 0 aliphatic heterocycles. The lowest BCUT2D eigenvalue weighted by molar-refractivity contribution is -0.125. The van der Waals surface area contributed by atoms with E-state index in [1.54, 1.807) is 0 Å². The lowest BCUT2D eigenvalue weighted by Gasteiger charge is -2.35. The van der Waals surface area contributed by atoms with Crippen LogP contribution in [-0.4, -0.2) is 35.2 Å². The summed E-state index contributed by atoms with van der Waals surface area (Å²) in [6.45, 7) is 6.06. The van der Waals surface area contributed by atoms with Gasteiger partial charge in [0, 0.05) is 6.54 Å². The number of primary amides is 1. The number of nitrogens with two attached hydrogens (primary N) is 1. The highest BCUT2D eigenvalue weighted by atomic mass is 16.3. The highest BCUT2D eigenvalue weighted by Crippen LogP contribution is 2.31. The third kappa shape index (κ3) is 5.00. The maximum Gasteiger partial charge on any atom is 0.312 e. The Morgan fingerprint density at radius 2 is 1.90 bits per heavy atom. The van der Waals surface area contributed by atoms with Crippen LogP contribution in [0.25, 0.3) is 0 Å². The average Bonchev–Trinajstić information content (AvgIpc) is 2.37. The molecule has 1 aliphatic carbocycles. The Bertz CT molecular complexity index is 350. The first kappa shape index (κ1) is 16.8. The van der Waals surface area contributed by atoms with Crippen LogP contribution in [0.3, 0.4) is 0 Å². The molecule has 1 aliphatic rings. The summed E-state index contributed by atoms with van der Waals surface area (Å²) in [7, 11) is 0. The maximum atomic E-state index is 12.1. The molecule has 1 atom stereocenters. The molecular weight excluding hydrogens is 258 g/mol. The van der Waals surface area contributed by atoms with E-state index in [4.69, 9.17) is 5.73 Å². The lowest BCUT2D eigenvalue weighted by Crippen LogP contribution is -2.54. The first-order valence-electron chi connectivity index (χ1n) is 7.29. The minimum absolute atomic E-state index is 0.0662.